The molecular formula is C23H29FN2O4S. The summed E-state index contributed by atoms with van der Waals surface area (Å²) < 4.78 is 46.8. The number of nitrogens with one attached hydrogen (secondary N) is 1. The lowest BCUT2D eigenvalue weighted by atomic mass is 9.94. The molecular weight excluding hydrogens is 419 g/mol. The van der Waals surface area contributed by atoms with Crippen LogP contribution in [-0.4, -0.2) is 44.9 Å². The zero-order valence-electron chi connectivity index (χ0n) is 18.1. The number of carbonyl (C=O) groups is 1. The van der Waals surface area contributed by atoms with E-state index in [4.69, 9.17) is 4.74 Å². The van der Waals surface area contributed by atoms with Gasteiger partial charge in [-0.05, 0) is 41.7 Å². The van der Waals surface area contributed by atoms with Crippen LogP contribution in [0, 0.1) is 11.7 Å². The zero-order chi connectivity index (χ0) is 22.6. The average Bonchev–Trinajstić information content (AvgIpc) is 2.78. The van der Waals surface area contributed by atoms with E-state index in [9.17, 15) is 17.6 Å². The van der Waals surface area contributed by atoms with Gasteiger partial charge in [0.25, 0.3) is 5.91 Å². The van der Waals surface area contributed by atoms with Crippen molar-refractivity contribution in [2.45, 2.75) is 38.1 Å². The number of hydrogen-bond acceptors (Lipinski definition) is 4. The summed E-state index contributed by atoms with van der Waals surface area (Å²) >= 11 is 0. The van der Waals surface area contributed by atoms with Crippen LogP contribution < -0.4 is 5.32 Å². The van der Waals surface area contributed by atoms with Gasteiger partial charge in [-0.3, -0.25) is 4.79 Å². The van der Waals surface area contributed by atoms with E-state index >= 15 is 0 Å². The molecule has 0 aliphatic carbocycles. The van der Waals surface area contributed by atoms with E-state index in [1.165, 1.54) is 15.9 Å². The minimum absolute atomic E-state index is 0.0553. The molecule has 1 aliphatic heterocycles. The van der Waals surface area contributed by atoms with Crippen molar-refractivity contribution in [3.05, 3.63) is 65.0 Å². The minimum atomic E-state index is -3.83. The molecule has 6 nitrogen and oxygen atoms in total. The largest absolute Gasteiger partial charge is 0.379 e. The lowest BCUT2D eigenvalue weighted by molar-refractivity contribution is 0.0730. The van der Waals surface area contributed by atoms with Crippen LogP contribution in [0.1, 0.15) is 48.3 Å². The fourth-order valence-electron chi connectivity index (χ4n) is 3.59. The second kappa shape index (κ2) is 9.89. The summed E-state index contributed by atoms with van der Waals surface area (Å²) in [5.74, 6) is -1.35. The zero-order valence-corrected chi connectivity index (χ0v) is 18.9. The van der Waals surface area contributed by atoms with Gasteiger partial charge >= 0.3 is 0 Å². The lowest BCUT2D eigenvalue weighted by Gasteiger charge is -2.26. The predicted molar refractivity (Wildman–Crippen MR) is 117 cm³/mol. The van der Waals surface area contributed by atoms with Crippen LogP contribution in [0.5, 0.6) is 0 Å². The molecule has 8 heteroatoms. The quantitative estimate of drug-likeness (QED) is 0.703. The van der Waals surface area contributed by atoms with Gasteiger partial charge in [0, 0.05) is 13.1 Å². The van der Waals surface area contributed by atoms with Crippen LogP contribution in [0.3, 0.4) is 0 Å². The van der Waals surface area contributed by atoms with Crippen LogP contribution in [0.2, 0.25) is 0 Å². The fraction of sp³-hybridized carbons (Fsp3) is 0.435. The molecule has 0 saturated carbocycles. The number of rotatable bonds is 7. The minimum Gasteiger partial charge on any atom is -0.379 e. The maximum atomic E-state index is 14.5. The molecule has 3 rings (SSSR count). The van der Waals surface area contributed by atoms with E-state index in [1.54, 1.807) is 0 Å². The first-order valence-electron chi connectivity index (χ1n) is 10.5. The van der Waals surface area contributed by atoms with Crippen molar-refractivity contribution < 1.29 is 22.3 Å². The first-order valence-corrected chi connectivity index (χ1v) is 11.9. The number of hydrogen-bond donors (Lipinski definition) is 1. The summed E-state index contributed by atoms with van der Waals surface area (Å²) in [6.45, 7) is 7.07. The molecule has 1 amide bonds. The van der Waals surface area contributed by atoms with Gasteiger partial charge in [-0.25, -0.2) is 12.8 Å². The molecule has 2 aromatic rings. The van der Waals surface area contributed by atoms with E-state index in [2.05, 4.69) is 12.2 Å². The third-order valence-corrected chi connectivity index (χ3v) is 7.39. The SMILES string of the molecule is CCc1ccc(C(NC(=O)c2cc(S(=O)(=O)N3CCOCC3)ccc2F)C(C)C)cc1. The maximum absolute atomic E-state index is 14.5. The second-order valence-electron chi connectivity index (χ2n) is 7.95. The predicted octanol–water partition coefficient (Wildman–Crippen LogP) is 3.54. The number of ether oxygens (including phenoxy) is 1. The van der Waals surface area contributed by atoms with Crippen LogP contribution >= 0.6 is 0 Å². The highest BCUT2D eigenvalue weighted by Crippen LogP contribution is 2.25. The van der Waals surface area contributed by atoms with Gasteiger partial charge in [0.2, 0.25) is 10.0 Å². The van der Waals surface area contributed by atoms with Gasteiger partial charge < -0.3 is 10.1 Å². The van der Waals surface area contributed by atoms with Crippen molar-refractivity contribution in [1.29, 1.82) is 0 Å². The molecule has 0 aromatic heterocycles. The van der Waals surface area contributed by atoms with E-state index in [-0.39, 0.29) is 35.5 Å². The smallest absolute Gasteiger partial charge is 0.254 e. The summed E-state index contributed by atoms with van der Waals surface area (Å²) in [6.07, 6.45) is 0.911. The fourth-order valence-corrected chi connectivity index (χ4v) is 5.02. The Labute approximate surface area is 183 Å². The van der Waals surface area contributed by atoms with Gasteiger partial charge in [-0.2, -0.15) is 4.31 Å². The van der Waals surface area contributed by atoms with Crippen LogP contribution in [0.25, 0.3) is 0 Å². The Kier molecular flexibility index (Phi) is 7.46. The van der Waals surface area contributed by atoms with Crippen LogP contribution in [0.15, 0.2) is 47.4 Å². The standard InChI is InChI=1S/C23H29FN2O4S/c1-4-17-5-7-18(8-6-17)22(16(2)3)25-23(27)20-15-19(9-10-21(20)24)31(28,29)26-11-13-30-14-12-26/h5-10,15-16,22H,4,11-14H2,1-3H3,(H,25,27). The molecule has 1 saturated heterocycles. The Morgan fingerprint density at radius 3 is 2.35 bits per heavy atom. The van der Waals surface area contributed by atoms with Gasteiger partial charge in [0.05, 0.1) is 29.7 Å². The van der Waals surface area contributed by atoms with Gasteiger partial charge in [0.1, 0.15) is 5.82 Å². The summed E-state index contributed by atoms with van der Waals surface area (Å²) in [5, 5.41) is 2.88. The van der Waals surface area contributed by atoms with Gasteiger partial charge in [-0.1, -0.05) is 45.0 Å². The highest BCUT2D eigenvalue weighted by molar-refractivity contribution is 7.89. The monoisotopic (exact) mass is 448 g/mol. The van der Waals surface area contributed by atoms with Crippen molar-refractivity contribution in [2.75, 3.05) is 26.3 Å². The van der Waals surface area contributed by atoms with Crippen molar-refractivity contribution in [3.8, 4) is 0 Å². The summed E-state index contributed by atoms with van der Waals surface area (Å²) in [6, 6.07) is 10.9. The van der Waals surface area contributed by atoms with Gasteiger partial charge in [-0.15, -0.1) is 0 Å². The summed E-state index contributed by atoms with van der Waals surface area (Å²) in [7, 11) is -3.83. The molecule has 0 spiro atoms. The molecule has 0 bridgehead atoms. The normalized spacial score (nSPS) is 16.3. The number of sulfonamides is 1. The average molecular weight is 449 g/mol. The number of morpholine rings is 1. The Morgan fingerprint density at radius 2 is 1.77 bits per heavy atom. The third-order valence-electron chi connectivity index (χ3n) is 5.49. The molecule has 1 unspecified atom stereocenters. The second-order valence-corrected chi connectivity index (χ2v) is 9.89. The molecule has 1 N–H and O–H groups in total. The van der Waals surface area contributed by atoms with Crippen LogP contribution in [-0.2, 0) is 21.2 Å². The van der Waals surface area contributed by atoms with Crippen molar-refractivity contribution in [3.63, 3.8) is 0 Å². The number of benzene rings is 2. The van der Waals surface area contributed by atoms with E-state index in [0.29, 0.717) is 13.2 Å². The van der Waals surface area contributed by atoms with E-state index < -0.39 is 21.7 Å². The molecule has 1 atom stereocenters. The van der Waals surface area contributed by atoms with E-state index in [1.807, 2.05) is 38.1 Å². The Bertz CT molecular complexity index is 1020. The number of amides is 1. The molecule has 1 fully saturated rings. The number of aryl methyl sites for hydroxylation is 1. The molecule has 31 heavy (non-hydrogen) atoms. The first-order chi connectivity index (χ1) is 14.7. The van der Waals surface area contributed by atoms with Crippen molar-refractivity contribution in [2.24, 2.45) is 5.92 Å². The topological polar surface area (TPSA) is 75.7 Å². The Morgan fingerprint density at radius 1 is 1.13 bits per heavy atom. The lowest BCUT2D eigenvalue weighted by Crippen LogP contribution is -2.40. The molecule has 0 radical (unpaired) electrons. The van der Waals surface area contributed by atoms with Gasteiger partial charge in [0.15, 0.2) is 0 Å². The molecule has 168 valence electrons. The highest BCUT2D eigenvalue weighted by Gasteiger charge is 2.28. The third kappa shape index (κ3) is 5.31. The Balaban J connectivity index is 1.86. The first kappa shape index (κ1) is 23.4. The highest BCUT2D eigenvalue weighted by atomic mass is 32.2. The number of carbonyl (C=O) groups excluding carboxylic acids is 1. The van der Waals surface area contributed by atoms with Crippen LogP contribution in [0.4, 0.5) is 4.39 Å². The maximum Gasteiger partial charge on any atom is 0.254 e. The number of nitrogens with zero attached hydrogens (tertiary/aromatic N) is 1. The molecule has 1 heterocycles. The summed E-state index contributed by atoms with van der Waals surface area (Å²) in [5.41, 5.74) is 1.81. The van der Waals surface area contributed by atoms with Crippen molar-refractivity contribution in [1.82, 2.24) is 9.62 Å². The number of halogens is 1. The molecule has 2 aromatic carbocycles. The van der Waals surface area contributed by atoms with Crippen molar-refractivity contribution >= 4 is 15.9 Å². The van der Waals surface area contributed by atoms with E-state index in [0.717, 1.165) is 24.1 Å². The summed E-state index contributed by atoms with van der Waals surface area (Å²) in [4.78, 5) is 12.9. The molecule has 1 aliphatic rings. The Hall–Kier alpha value is -2.29.